The standard InChI is InChI=1S/C86H53NS2/c1-6-20-54(21-7-1)60-38-44-81-75(46-60)77-50-64(56-24-10-3-11-25-56)48-73(85(77)88-81)62-36-42-67-68-43-37-63(74-49-65(57-26-12-4-13-27-57)51-78-76-47-61(55-22-8-2-9-23-55)39-45-82(76)89-86(74)78)53-80(68)87(79(67)52-62)66-40-34-59(35-41-66)84-71-32-18-16-30-69(71)83(58-28-14-5-15-29-58)70-31-17-19-33-72(70)84/h1-53H. The average molecular weight is 1160 g/mol. The van der Waals surface area contributed by atoms with Crippen LogP contribution in [0.4, 0.5) is 0 Å². The zero-order chi connectivity index (χ0) is 58.5. The summed E-state index contributed by atoms with van der Waals surface area (Å²) in [7, 11) is 0. The molecule has 0 spiro atoms. The Bertz CT molecular complexity index is 5490. The molecule has 0 aliphatic rings. The number of thiophene rings is 2. The maximum Gasteiger partial charge on any atom is 0.0547 e. The number of benzene rings is 15. The summed E-state index contributed by atoms with van der Waals surface area (Å²) in [6.45, 7) is 0. The zero-order valence-electron chi connectivity index (χ0n) is 48.4. The summed E-state index contributed by atoms with van der Waals surface area (Å²) in [5.41, 5.74) is 22.9. The van der Waals surface area contributed by atoms with Gasteiger partial charge in [0.1, 0.15) is 0 Å². The van der Waals surface area contributed by atoms with Gasteiger partial charge in [-0.25, -0.2) is 0 Å². The molecule has 15 aromatic carbocycles. The Balaban J connectivity index is 0.876. The molecule has 3 aromatic heterocycles. The van der Waals surface area contributed by atoms with Crippen molar-refractivity contribution in [3.05, 3.63) is 322 Å². The average Bonchev–Trinajstić information content (AvgIpc) is 1.80. The van der Waals surface area contributed by atoms with E-state index in [-0.39, 0.29) is 0 Å². The first-order chi connectivity index (χ1) is 44.1. The van der Waals surface area contributed by atoms with E-state index in [0.717, 1.165) is 16.7 Å². The Hall–Kier alpha value is -10.9. The lowest BCUT2D eigenvalue weighted by molar-refractivity contribution is 1.18. The van der Waals surface area contributed by atoms with Crippen LogP contribution in [-0.2, 0) is 0 Å². The second-order valence-electron chi connectivity index (χ2n) is 23.4. The minimum Gasteiger partial charge on any atom is -0.309 e. The molecular weight excluding hydrogens is 1110 g/mol. The molecule has 0 unspecified atom stereocenters. The third kappa shape index (κ3) is 8.57. The number of hydrogen-bond acceptors (Lipinski definition) is 2. The molecule has 89 heavy (non-hydrogen) atoms. The van der Waals surface area contributed by atoms with Crippen molar-refractivity contribution in [2.24, 2.45) is 0 Å². The first-order valence-corrected chi connectivity index (χ1v) is 32.2. The lowest BCUT2D eigenvalue weighted by Crippen LogP contribution is -1.95. The lowest BCUT2D eigenvalue weighted by atomic mass is 9.86. The van der Waals surface area contributed by atoms with Gasteiger partial charge in [-0.1, -0.05) is 249 Å². The molecule has 0 bridgehead atoms. The van der Waals surface area contributed by atoms with Gasteiger partial charge in [-0.05, 0) is 172 Å². The van der Waals surface area contributed by atoms with Crippen LogP contribution in [0.5, 0.6) is 0 Å². The summed E-state index contributed by atoms with van der Waals surface area (Å²) < 4.78 is 7.69. The van der Waals surface area contributed by atoms with Gasteiger partial charge in [0, 0.05) is 67.9 Å². The summed E-state index contributed by atoms with van der Waals surface area (Å²) in [4.78, 5) is 0. The molecular formula is C86H53NS2. The van der Waals surface area contributed by atoms with Gasteiger partial charge in [-0.15, -0.1) is 22.7 Å². The van der Waals surface area contributed by atoms with Crippen LogP contribution in [-0.4, -0.2) is 4.57 Å². The molecule has 1 nitrogen and oxygen atoms in total. The van der Waals surface area contributed by atoms with Crippen molar-refractivity contribution < 1.29 is 0 Å². The second-order valence-corrected chi connectivity index (χ2v) is 25.5. The number of rotatable bonds is 9. The molecule has 0 saturated carbocycles. The Labute approximate surface area is 523 Å². The summed E-state index contributed by atoms with van der Waals surface area (Å²) in [6.07, 6.45) is 0. The molecule has 0 aliphatic carbocycles. The van der Waals surface area contributed by atoms with E-state index in [4.69, 9.17) is 0 Å². The van der Waals surface area contributed by atoms with E-state index in [0.29, 0.717) is 0 Å². The molecule has 3 heterocycles. The highest BCUT2D eigenvalue weighted by atomic mass is 32.1. The number of aromatic nitrogens is 1. The zero-order valence-corrected chi connectivity index (χ0v) is 50.0. The van der Waals surface area contributed by atoms with E-state index in [1.807, 2.05) is 22.7 Å². The Morgan fingerprint density at radius 2 is 0.506 bits per heavy atom. The van der Waals surface area contributed by atoms with Crippen LogP contribution in [0.3, 0.4) is 0 Å². The highest BCUT2D eigenvalue weighted by Crippen LogP contribution is 2.49. The predicted octanol–water partition coefficient (Wildman–Crippen LogP) is 25.2. The minimum absolute atomic E-state index is 1.11. The molecule has 414 valence electrons. The molecule has 0 radical (unpaired) electrons. The highest BCUT2D eigenvalue weighted by Gasteiger charge is 2.22. The predicted molar refractivity (Wildman–Crippen MR) is 385 cm³/mol. The molecule has 0 aliphatic heterocycles. The third-order valence-electron chi connectivity index (χ3n) is 18.4. The Morgan fingerprint density at radius 1 is 0.191 bits per heavy atom. The van der Waals surface area contributed by atoms with E-state index in [2.05, 4.69) is 326 Å². The van der Waals surface area contributed by atoms with E-state index in [1.54, 1.807) is 0 Å². The topological polar surface area (TPSA) is 4.93 Å². The summed E-state index contributed by atoms with van der Waals surface area (Å²) in [5, 5.41) is 12.5. The molecule has 3 heteroatoms. The van der Waals surface area contributed by atoms with E-state index >= 15 is 0 Å². The van der Waals surface area contributed by atoms with Gasteiger partial charge in [0.15, 0.2) is 0 Å². The van der Waals surface area contributed by atoms with Crippen molar-refractivity contribution in [3.8, 4) is 94.7 Å². The van der Waals surface area contributed by atoms with Gasteiger partial charge < -0.3 is 4.57 Å². The van der Waals surface area contributed by atoms with Crippen molar-refractivity contribution in [3.63, 3.8) is 0 Å². The van der Waals surface area contributed by atoms with Crippen molar-refractivity contribution in [1.29, 1.82) is 0 Å². The van der Waals surface area contributed by atoms with Gasteiger partial charge >= 0.3 is 0 Å². The molecule has 0 N–H and O–H groups in total. The minimum atomic E-state index is 1.11. The quantitative estimate of drug-likeness (QED) is 0.127. The molecule has 18 rings (SSSR count). The molecule has 0 atom stereocenters. The van der Waals surface area contributed by atoms with Crippen molar-refractivity contribution in [2.75, 3.05) is 0 Å². The lowest BCUT2D eigenvalue weighted by Gasteiger charge is -2.18. The highest BCUT2D eigenvalue weighted by molar-refractivity contribution is 7.26. The maximum atomic E-state index is 2.54. The van der Waals surface area contributed by atoms with E-state index in [9.17, 15) is 0 Å². The monoisotopic (exact) mass is 1160 g/mol. The summed E-state index contributed by atoms with van der Waals surface area (Å²) in [5.74, 6) is 0. The van der Waals surface area contributed by atoms with E-state index < -0.39 is 0 Å². The number of fused-ring (bicyclic) bond motifs is 11. The number of hydrogen-bond donors (Lipinski definition) is 0. The second kappa shape index (κ2) is 20.9. The van der Waals surface area contributed by atoms with Crippen LogP contribution in [0.15, 0.2) is 322 Å². The molecule has 0 saturated heterocycles. The van der Waals surface area contributed by atoms with Crippen molar-refractivity contribution in [1.82, 2.24) is 4.57 Å². The van der Waals surface area contributed by atoms with Gasteiger partial charge in [0.2, 0.25) is 0 Å². The van der Waals surface area contributed by atoms with Gasteiger partial charge in [0.25, 0.3) is 0 Å². The first kappa shape index (κ1) is 51.3. The molecule has 0 fully saturated rings. The molecule has 0 amide bonds. The van der Waals surface area contributed by atoms with Crippen LogP contribution in [0.2, 0.25) is 0 Å². The van der Waals surface area contributed by atoms with Crippen molar-refractivity contribution in [2.45, 2.75) is 0 Å². The summed E-state index contributed by atoms with van der Waals surface area (Å²) in [6, 6.07) is 120. The van der Waals surface area contributed by atoms with Gasteiger partial charge in [0.05, 0.1) is 11.0 Å². The molecule has 18 aromatic rings. The fourth-order valence-corrected chi connectivity index (χ4v) is 16.6. The van der Waals surface area contributed by atoms with Crippen LogP contribution in [0.25, 0.3) is 178 Å². The van der Waals surface area contributed by atoms with Gasteiger partial charge in [-0.3, -0.25) is 0 Å². The SMILES string of the molecule is c1ccc(-c2ccc3sc4c(-c5ccc6c7ccc(-c8cc(-c9ccccc9)cc9c8sc8ccc(-c%10ccccc%10)cc89)cc7n(-c7ccc(-c8c9ccccc9c(-c9ccccc9)c9ccccc89)cc7)c6c5)cc(-c5ccccc5)cc4c3c2)cc1. The third-order valence-corrected chi connectivity index (χ3v) is 20.8. The smallest absolute Gasteiger partial charge is 0.0547 e. The fourth-order valence-electron chi connectivity index (χ4n) is 14.2. The fraction of sp³-hybridized carbons (Fsp3) is 0. The Morgan fingerprint density at radius 3 is 0.899 bits per heavy atom. The normalized spacial score (nSPS) is 11.8. The van der Waals surface area contributed by atoms with Crippen LogP contribution < -0.4 is 0 Å². The maximum absolute atomic E-state index is 2.54. The largest absolute Gasteiger partial charge is 0.309 e. The first-order valence-electron chi connectivity index (χ1n) is 30.5. The number of nitrogens with zero attached hydrogens (tertiary/aromatic N) is 1. The van der Waals surface area contributed by atoms with Crippen LogP contribution in [0, 0.1) is 0 Å². The van der Waals surface area contributed by atoms with Crippen LogP contribution >= 0.6 is 22.7 Å². The van der Waals surface area contributed by atoms with Gasteiger partial charge in [-0.2, -0.15) is 0 Å². The van der Waals surface area contributed by atoms with Crippen LogP contribution in [0.1, 0.15) is 0 Å². The summed E-state index contributed by atoms with van der Waals surface area (Å²) >= 11 is 3.79. The van der Waals surface area contributed by atoms with Crippen molar-refractivity contribution >= 4 is 106 Å². The Kier molecular flexibility index (Phi) is 12.0. The van der Waals surface area contributed by atoms with E-state index in [1.165, 1.54) is 162 Å².